The maximum atomic E-state index is 10.6. The van der Waals surface area contributed by atoms with Gasteiger partial charge in [0.1, 0.15) is 0 Å². The molecule has 0 saturated heterocycles. The second-order valence-electron chi connectivity index (χ2n) is 4.12. The third-order valence-corrected chi connectivity index (χ3v) is 6.58. The molecule has 106 valence electrons. The molecular formula is C12H24O5Si. The van der Waals surface area contributed by atoms with Crippen molar-refractivity contribution in [1.29, 1.82) is 0 Å². The van der Waals surface area contributed by atoms with E-state index < -0.39 is 14.8 Å². The first kappa shape index (κ1) is 17.3. The van der Waals surface area contributed by atoms with Crippen molar-refractivity contribution in [3.05, 3.63) is 12.2 Å². The van der Waals surface area contributed by atoms with Gasteiger partial charge in [-0.15, -0.1) is 0 Å². The summed E-state index contributed by atoms with van der Waals surface area (Å²) in [7, 11) is 2.16. The van der Waals surface area contributed by atoms with Gasteiger partial charge in [0.15, 0.2) is 0 Å². The van der Waals surface area contributed by atoms with Crippen LogP contribution in [0.5, 0.6) is 0 Å². The largest absolute Gasteiger partial charge is 0.503 e. The van der Waals surface area contributed by atoms with Crippen LogP contribution in [0.1, 0.15) is 32.6 Å². The Balaban J connectivity index is 4.42. The minimum absolute atomic E-state index is 0.180. The van der Waals surface area contributed by atoms with E-state index in [-0.39, 0.29) is 11.1 Å². The Bertz CT molecular complexity index is 267. The molecule has 1 unspecified atom stereocenters. The summed E-state index contributed by atoms with van der Waals surface area (Å²) in [6.07, 6.45) is 2.91. The lowest BCUT2D eigenvalue weighted by Gasteiger charge is -2.31. The second-order valence-corrected chi connectivity index (χ2v) is 7.37. The van der Waals surface area contributed by atoms with Crippen molar-refractivity contribution in [2.75, 3.05) is 21.3 Å². The van der Waals surface area contributed by atoms with Gasteiger partial charge in [0.25, 0.3) is 0 Å². The molecule has 1 N–H and O–H groups in total. The maximum absolute atomic E-state index is 10.6. The Labute approximate surface area is 110 Å². The Morgan fingerprint density at radius 1 is 1.28 bits per heavy atom. The van der Waals surface area contributed by atoms with Crippen molar-refractivity contribution in [2.24, 2.45) is 0 Å². The molecule has 5 nitrogen and oxygen atoms in total. The van der Waals surface area contributed by atoms with E-state index in [1.54, 1.807) is 21.3 Å². The van der Waals surface area contributed by atoms with E-state index in [0.717, 1.165) is 19.3 Å². The van der Waals surface area contributed by atoms with Crippen LogP contribution in [0.3, 0.4) is 0 Å². The molecule has 1 atom stereocenters. The Morgan fingerprint density at radius 2 is 1.78 bits per heavy atom. The van der Waals surface area contributed by atoms with Gasteiger partial charge in [0.05, 0.1) is 0 Å². The van der Waals surface area contributed by atoms with E-state index in [2.05, 4.69) is 13.5 Å². The Morgan fingerprint density at radius 3 is 2.11 bits per heavy atom. The van der Waals surface area contributed by atoms with Crippen LogP contribution < -0.4 is 0 Å². The molecular weight excluding hydrogens is 252 g/mol. The fourth-order valence-corrected chi connectivity index (χ4v) is 4.61. The van der Waals surface area contributed by atoms with Gasteiger partial charge in [-0.05, 0) is 25.7 Å². The van der Waals surface area contributed by atoms with Crippen LogP contribution in [-0.4, -0.2) is 41.2 Å². The molecule has 18 heavy (non-hydrogen) atoms. The smallest absolute Gasteiger partial charge is 0.478 e. The van der Waals surface area contributed by atoms with Gasteiger partial charge in [0.2, 0.25) is 0 Å². The van der Waals surface area contributed by atoms with Gasteiger partial charge >= 0.3 is 14.8 Å². The molecule has 0 aliphatic heterocycles. The van der Waals surface area contributed by atoms with Crippen molar-refractivity contribution in [3.63, 3.8) is 0 Å². The van der Waals surface area contributed by atoms with Crippen LogP contribution in [0.25, 0.3) is 0 Å². The lowest BCUT2D eigenvalue weighted by atomic mass is 10.1. The van der Waals surface area contributed by atoms with Crippen molar-refractivity contribution >= 4 is 14.8 Å². The molecule has 0 fully saturated rings. The van der Waals surface area contributed by atoms with Crippen molar-refractivity contribution in [2.45, 2.75) is 38.1 Å². The number of carbonyl (C=O) groups is 1. The Kier molecular flexibility index (Phi) is 8.09. The number of carboxylic acids is 1. The summed E-state index contributed by atoms with van der Waals surface area (Å²) in [5.74, 6) is -0.934. The number of rotatable bonds is 10. The minimum atomic E-state index is -2.62. The molecule has 0 heterocycles. The van der Waals surface area contributed by atoms with E-state index in [4.69, 9.17) is 18.4 Å². The molecule has 0 aliphatic carbocycles. The summed E-state index contributed by atoms with van der Waals surface area (Å²) in [5, 5.41) is 8.74. The van der Waals surface area contributed by atoms with E-state index in [1.165, 1.54) is 0 Å². The summed E-state index contributed by atoms with van der Waals surface area (Å²) >= 11 is 0. The molecule has 0 aromatic heterocycles. The zero-order valence-electron chi connectivity index (χ0n) is 11.7. The van der Waals surface area contributed by atoms with Crippen molar-refractivity contribution in [1.82, 2.24) is 0 Å². The van der Waals surface area contributed by atoms with E-state index in [9.17, 15) is 4.79 Å². The Hall–Kier alpha value is -0.693. The highest BCUT2D eigenvalue weighted by molar-refractivity contribution is 6.62. The SMILES string of the molecule is C=C(CCCC(CC)[Si](OC)(OC)OC)C(=O)O. The molecule has 6 heteroatoms. The number of hydrogen-bond donors (Lipinski definition) is 1. The standard InChI is InChI=1S/C12H24O5Si/c1-6-11(18(15-3,16-4)17-5)9-7-8-10(2)12(13)14/h11H,2,6-9H2,1,3-5H3,(H,13,14). The van der Waals surface area contributed by atoms with Gasteiger partial charge in [-0.2, -0.15) is 0 Å². The molecule has 0 spiro atoms. The first-order valence-electron chi connectivity index (χ1n) is 6.03. The van der Waals surface area contributed by atoms with Crippen LogP contribution in [0.15, 0.2) is 12.2 Å². The van der Waals surface area contributed by atoms with Gasteiger partial charge in [0, 0.05) is 32.4 Å². The van der Waals surface area contributed by atoms with Crippen molar-refractivity contribution < 1.29 is 23.2 Å². The van der Waals surface area contributed by atoms with Gasteiger partial charge in [-0.1, -0.05) is 13.5 Å². The molecule has 0 aliphatic rings. The molecule has 0 rings (SSSR count). The average molecular weight is 276 g/mol. The summed E-state index contributed by atoms with van der Waals surface area (Å²) in [4.78, 5) is 10.6. The summed E-state index contributed by atoms with van der Waals surface area (Å²) < 4.78 is 16.3. The van der Waals surface area contributed by atoms with Gasteiger partial charge < -0.3 is 18.4 Å². The van der Waals surface area contributed by atoms with Crippen molar-refractivity contribution in [3.8, 4) is 0 Å². The lowest BCUT2D eigenvalue weighted by Crippen LogP contribution is -2.47. The minimum Gasteiger partial charge on any atom is -0.478 e. The normalized spacial score (nSPS) is 13.3. The fourth-order valence-electron chi connectivity index (χ4n) is 2.05. The predicted molar refractivity (Wildman–Crippen MR) is 71.4 cm³/mol. The zero-order chi connectivity index (χ0) is 14.2. The molecule has 0 amide bonds. The second kappa shape index (κ2) is 8.42. The highest BCUT2D eigenvalue weighted by Crippen LogP contribution is 2.32. The summed E-state index contributed by atoms with van der Waals surface area (Å²) in [6, 6.07) is 0. The topological polar surface area (TPSA) is 65.0 Å². The first-order valence-corrected chi connectivity index (χ1v) is 7.84. The zero-order valence-corrected chi connectivity index (χ0v) is 12.7. The van der Waals surface area contributed by atoms with Crippen LogP contribution in [0.4, 0.5) is 0 Å². The van der Waals surface area contributed by atoms with Crippen LogP contribution in [-0.2, 0) is 18.1 Å². The highest BCUT2D eigenvalue weighted by Gasteiger charge is 2.45. The molecule has 0 radical (unpaired) electrons. The fraction of sp³-hybridized carbons (Fsp3) is 0.750. The quantitative estimate of drug-likeness (QED) is 0.490. The third-order valence-electron chi connectivity index (χ3n) is 3.18. The van der Waals surface area contributed by atoms with Gasteiger partial charge in [-0.3, -0.25) is 0 Å². The predicted octanol–water partition coefficient (Wildman–Crippen LogP) is 2.46. The number of aliphatic carboxylic acids is 1. The lowest BCUT2D eigenvalue weighted by molar-refractivity contribution is -0.132. The van der Waals surface area contributed by atoms with Crippen LogP contribution in [0.2, 0.25) is 5.54 Å². The van der Waals surface area contributed by atoms with E-state index in [1.807, 2.05) is 0 Å². The number of hydrogen-bond acceptors (Lipinski definition) is 4. The first-order chi connectivity index (χ1) is 8.47. The summed E-state index contributed by atoms with van der Waals surface area (Å²) in [5.41, 5.74) is 0.420. The maximum Gasteiger partial charge on any atom is 0.503 e. The highest BCUT2D eigenvalue weighted by atomic mass is 28.4. The van der Waals surface area contributed by atoms with Crippen LogP contribution >= 0.6 is 0 Å². The monoisotopic (exact) mass is 276 g/mol. The third kappa shape index (κ3) is 4.53. The summed E-state index contributed by atoms with van der Waals surface area (Å²) in [6.45, 7) is 5.57. The van der Waals surface area contributed by atoms with Gasteiger partial charge in [-0.25, -0.2) is 4.79 Å². The molecule has 0 bridgehead atoms. The molecule has 0 aromatic rings. The molecule has 0 aromatic carbocycles. The number of carboxylic acid groups (broad SMARTS) is 1. The molecule has 0 saturated carbocycles. The van der Waals surface area contributed by atoms with E-state index >= 15 is 0 Å². The van der Waals surface area contributed by atoms with Crippen LogP contribution in [0, 0.1) is 0 Å². The van der Waals surface area contributed by atoms with E-state index in [0.29, 0.717) is 6.42 Å². The average Bonchev–Trinajstić information content (AvgIpc) is 2.38.